The van der Waals surface area contributed by atoms with E-state index in [1.165, 1.54) is 30.6 Å². The predicted octanol–water partition coefficient (Wildman–Crippen LogP) is 2.73. The number of carboxylic acid groups (broad SMARTS) is 1. The molecule has 1 fully saturated rings. The monoisotopic (exact) mass is 239 g/mol. The van der Waals surface area contributed by atoms with Crippen molar-refractivity contribution in [3.8, 4) is 0 Å². The Bertz CT molecular complexity index is 382. The summed E-state index contributed by atoms with van der Waals surface area (Å²) in [6.07, 6.45) is 3.90. The average Bonchev–Trinajstić information content (AvgIpc) is 2.63. The van der Waals surface area contributed by atoms with Crippen molar-refractivity contribution in [2.75, 3.05) is 6.54 Å². The molecule has 0 aromatic carbocycles. The lowest BCUT2D eigenvalue weighted by atomic mass is 9.70. The van der Waals surface area contributed by atoms with Crippen molar-refractivity contribution in [1.29, 1.82) is 0 Å². The minimum atomic E-state index is -0.818. The molecule has 0 atom stereocenters. The minimum absolute atomic E-state index is 0.444. The molecule has 3 nitrogen and oxygen atoms in total. The van der Waals surface area contributed by atoms with E-state index in [-0.39, 0.29) is 0 Å². The van der Waals surface area contributed by atoms with Crippen LogP contribution in [-0.4, -0.2) is 17.6 Å². The van der Waals surface area contributed by atoms with Gasteiger partial charge in [0.25, 0.3) is 0 Å². The number of hydrogen-bond donors (Lipinski definition) is 2. The second kappa shape index (κ2) is 4.55. The van der Waals surface area contributed by atoms with E-state index >= 15 is 0 Å². The third-order valence-electron chi connectivity index (χ3n) is 3.37. The van der Waals surface area contributed by atoms with E-state index < -0.39 is 5.97 Å². The molecule has 2 rings (SSSR count). The largest absolute Gasteiger partial charge is 0.477 e. The van der Waals surface area contributed by atoms with Crippen LogP contribution in [0.5, 0.6) is 0 Å². The van der Waals surface area contributed by atoms with Gasteiger partial charge in [-0.25, -0.2) is 4.79 Å². The Kier molecular flexibility index (Phi) is 3.30. The summed E-state index contributed by atoms with van der Waals surface area (Å²) < 4.78 is 0. The van der Waals surface area contributed by atoms with Gasteiger partial charge in [0, 0.05) is 13.1 Å². The topological polar surface area (TPSA) is 49.3 Å². The second-order valence-electron chi connectivity index (χ2n) is 4.85. The molecule has 2 N–H and O–H groups in total. The van der Waals surface area contributed by atoms with Gasteiger partial charge in [-0.1, -0.05) is 13.3 Å². The Morgan fingerprint density at radius 3 is 2.94 bits per heavy atom. The molecule has 1 aromatic rings. The van der Waals surface area contributed by atoms with Gasteiger partial charge in [0.15, 0.2) is 0 Å². The number of carboxylic acids is 1. The standard InChI is InChI=1S/C12H17NO2S/c1-12(4-2-5-12)8-13-7-9-3-6-16-10(9)11(14)15/h3,6,13H,2,4-5,7-8H2,1H3,(H,14,15). The molecule has 1 saturated carbocycles. The van der Waals surface area contributed by atoms with Crippen molar-refractivity contribution in [3.05, 3.63) is 21.9 Å². The summed E-state index contributed by atoms with van der Waals surface area (Å²) in [5.74, 6) is -0.818. The minimum Gasteiger partial charge on any atom is -0.477 e. The maximum atomic E-state index is 10.9. The van der Waals surface area contributed by atoms with Crippen LogP contribution in [0.25, 0.3) is 0 Å². The normalized spacial score (nSPS) is 18.1. The number of nitrogens with one attached hydrogen (secondary N) is 1. The van der Waals surface area contributed by atoms with Crippen LogP contribution in [0.4, 0.5) is 0 Å². The number of hydrogen-bond acceptors (Lipinski definition) is 3. The van der Waals surface area contributed by atoms with E-state index in [2.05, 4.69) is 12.2 Å². The van der Waals surface area contributed by atoms with Crippen molar-refractivity contribution >= 4 is 17.3 Å². The highest BCUT2D eigenvalue weighted by Gasteiger charge is 2.31. The molecule has 88 valence electrons. The molecular weight excluding hydrogens is 222 g/mol. The van der Waals surface area contributed by atoms with Gasteiger partial charge in [0.1, 0.15) is 4.88 Å². The molecule has 0 unspecified atom stereocenters. The molecule has 4 heteroatoms. The molecule has 0 spiro atoms. The summed E-state index contributed by atoms with van der Waals surface area (Å²) in [5.41, 5.74) is 1.35. The van der Waals surface area contributed by atoms with Crippen LogP contribution in [-0.2, 0) is 6.54 Å². The van der Waals surface area contributed by atoms with Crippen LogP contribution in [0.1, 0.15) is 41.4 Å². The van der Waals surface area contributed by atoms with Gasteiger partial charge in [-0.3, -0.25) is 0 Å². The second-order valence-corrected chi connectivity index (χ2v) is 5.76. The summed E-state index contributed by atoms with van der Waals surface area (Å²) in [6, 6.07) is 1.89. The third-order valence-corrected chi connectivity index (χ3v) is 4.31. The van der Waals surface area contributed by atoms with Gasteiger partial charge < -0.3 is 10.4 Å². The maximum Gasteiger partial charge on any atom is 0.346 e. The highest BCUT2D eigenvalue weighted by molar-refractivity contribution is 7.12. The molecule has 0 aliphatic heterocycles. The predicted molar refractivity (Wildman–Crippen MR) is 64.9 cm³/mol. The molecule has 16 heavy (non-hydrogen) atoms. The first kappa shape index (κ1) is 11.6. The van der Waals surface area contributed by atoms with Crippen LogP contribution in [0.15, 0.2) is 11.4 Å². The van der Waals surface area contributed by atoms with Gasteiger partial charge in [0.05, 0.1) is 0 Å². The van der Waals surface area contributed by atoms with Crippen molar-refractivity contribution in [3.63, 3.8) is 0 Å². The van der Waals surface area contributed by atoms with Crippen LogP contribution < -0.4 is 5.32 Å². The molecule has 1 aromatic heterocycles. The third kappa shape index (κ3) is 2.44. The molecular formula is C12H17NO2S. The summed E-state index contributed by atoms with van der Waals surface area (Å²) in [5, 5.41) is 14.2. The quantitative estimate of drug-likeness (QED) is 0.830. The van der Waals surface area contributed by atoms with E-state index in [1.807, 2.05) is 11.4 Å². The summed E-state index contributed by atoms with van der Waals surface area (Å²) in [7, 11) is 0. The zero-order chi connectivity index (χ0) is 11.6. The molecule has 0 saturated heterocycles. The summed E-state index contributed by atoms with van der Waals surface area (Å²) in [6.45, 7) is 3.94. The zero-order valence-electron chi connectivity index (χ0n) is 9.45. The SMILES string of the molecule is CC1(CNCc2ccsc2C(=O)O)CCC1. The molecule has 1 heterocycles. The highest BCUT2D eigenvalue weighted by atomic mass is 32.1. The number of aromatic carboxylic acids is 1. The van der Waals surface area contributed by atoms with Crippen molar-refractivity contribution in [2.45, 2.75) is 32.7 Å². The lowest BCUT2D eigenvalue weighted by Crippen LogP contribution is -2.37. The smallest absolute Gasteiger partial charge is 0.346 e. The van der Waals surface area contributed by atoms with Crippen molar-refractivity contribution < 1.29 is 9.90 Å². The Morgan fingerprint density at radius 1 is 1.62 bits per heavy atom. The first-order valence-corrected chi connectivity index (χ1v) is 6.49. The van der Waals surface area contributed by atoms with Crippen molar-refractivity contribution in [2.24, 2.45) is 5.41 Å². The Balaban J connectivity index is 1.85. The van der Waals surface area contributed by atoms with Gasteiger partial charge in [-0.15, -0.1) is 11.3 Å². The fraction of sp³-hybridized carbons (Fsp3) is 0.583. The number of thiophene rings is 1. The van der Waals surface area contributed by atoms with Crippen LogP contribution >= 0.6 is 11.3 Å². The maximum absolute atomic E-state index is 10.9. The van der Waals surface area contributed by atoms with E-state index in [0.29, 0.717) is 16.8 Å². The summed E-state index contributed by atoms with van der Waals surface area (Å²) in [4.78, 5) is 11.4. The Hall–Kier alpha value is -0.870. The van der Waals surface area contributed by atoms with E-state index in [4.69, 9.17) is 5.11 Å². The van der Waals surface area contributed by atoms with Crippen LogP contribution in [0.3, 0.4) is 0 Å². The first-order valence-electron chi connectivity index (χ1n) is 5.61. The van der Waals surface area contributed by atoms with Gasteiger partial charge in [-0.2, -0.15) is 0 Å². The molecule has 1 aliphatic carbocycles. The lowest BCUT2D eigenvalue weighted by molar-refractivity contribution is 0.0701. The highest BCUT2D eigenvalue weighted by Crippen LogP contribution is 2.39. The van der Waals surface area contributed by atoms with E-state index in [1.54, 1.807) is 0 Å². The average molecular weight is 239 g/mol. The molecule has 0 bridgehead atoms. The van der Waals surface area contributed by atoms with Gasteiger partial charge >= 0.3 is 5.97 Å². The Morgan fingerprint density at radius 2 is 2.38 bits per heavy atom. The lowest BCUT2D eigenvalue weighted by Gasteiger charge is -2.38. The number of rotatable bonds is 5. The van der Waals surface area contributed by atoms with E-state index in [9.17, 15) is 4.79 Å². The molecule has 0 radical (unpaired) electrons. The van der Waals surface area contributed by atoms with Crippen molar-refractivity contribution in [1.82, 2.24) is 5.32 Å². The first-order chi connectivity index (χ1) is 7.61. The molecule has 0 amide bonds. The fourth-order valence-corrected chi connectivity index (χ4v) is 2.88. The number of carbonyl (C=O) groups is 1. The fourth-order valence-electron chi connectivity index (χ4n) is 2.12. The zero-order valence-corrected chi connectivity index (χ0v) is 10.3. The Labute approximate surface area is 99.5 Å². The molecule has 1 aliphatic rings. The summed E-state index contributed by atoms with van der Waals surface area (Å²) >= 11 is 1.30. The van der Waals surface area contributed by atoms with E-state index in [0.717, 1.165) is 12.1 Å². The van der Waals surface area contributed by atoms with Crippen LogP contribution in [0, 0.1) is 5.41 Å². The van der Waals surface area contributed by atoms with Gasteiger partial charge in [0.2, 0.25) is 0 Å². The van der Waals surface area contributed by atoms with Crippen LogP contribution in [0.2, 0.25) is 0 Å². The van der Waals surface area contributed by atoms with Gasteiger partial charge in [-0.05, 0) is 35.3 Å².